The third kappa shape index (κ3) is 4.37. The summed E-state index contributed by atoms with van der Waals surface area (Å²) in [7, 11) is 0. The summed E-state index contributed by atoms with van der Waals surface area (Å²) in [4.78, 5) is 23.9. The molecule has 28 heavy (non-hydrogen) atoms. The van der Waals surface area contributed by atoms with Crippen LogP contribution in [0.5, 0.6) is 0 Å². The zero-order valence-electron chi connectivity index (χ0n) is 15.3. The largest absolute Gasteiger partial charge is 0.378 e. The fourth-order valence-electron chi connectivity index (χ4n) is 3.08. The van der Waals surface area contributed by atoms with Gasteiger partial charge in [0.1, 0.15) is 0 Å². The maximum Gasteiger partial charge on any atom is 0.257 e. The van der Waals surface area contributed by atoms with Gasteiger partial charge in [-0.25, -0.2) is 9.97 Å². The lowest BCUT2D eigenvalue weighted by Crippen LogP contribution is -2.41. The highest BCUT2D eigenvalue weighted by Gasteiger charge is 2.23. The molecule has 1 saturated heterocycles. The Hall–Kier alpha value is -1.97. The predicted octanol–water partition coefficient (Wildman–Crippen LogP) is 4.18. The molecule has 1 N–H and O–H groups in total. The molecule has 0 radical (unpaired) electrons. The van der Waals surface area contributed by atoms with Gasteiger partial charge in [-0.1, -0.05) is 0 Å². The maximum atomic E-state index is 13.1. The summed E-state index contributed by atoms with van der Waals surface area (Å²) in [5, 5.41) is 4.25. The van der Waals surface area contributed by atoms with E-state index in [1.165, 1.54) is 0 Å². The number of pyridine rings is 2. The molecule has 0 unspecified atom stereocenters. The molecule has 0 aliphatic carbocycles. The van der Waals surface area contributed by atoms with Crippen molar-refractivity contribution in [1.29, 1.82) is 0 Å². The first-order valence-electron chi connectivity index (χ1n) is 8.78. The number of hydrogen-bond donors (Lipinski definition) is 1. The number of carbonyl (C=O) groups excluding carboxylic acids is 1. The molecule has 0 bridgehead atoms. The van der Waals surface area contributed by atoms with Crippen LogP contribution in [0.25, 0.3) is 11.0 Å². The quantitative estimate of drug-likeness (QED) is 0.536. The van der Waals surface area contributed by atoms with Crippen LogP contribution in [-0.4, -0.2) is 47.1 Å². The molecule has 6 nitrogen and oxygen atoms in total. The van der Waals surface area contributed by atoms with Gasteiger partial charge in [-0.2, -0.15) is 0 Å². The fourth-order valence-corrected chi connectivity index (χ4v) is 3.44. The van der Waals surface area contributed by atoms with Crippen molar-refractivity contribution in [2.75, 3.05) is 31.6 Å². The third-order valence-electron chi connectivity index (χ3n) is 4.51. The topological polar surface area (TPSA) is 67.4 Å². The summed E-state index contributed by atoms with van der Waals surface area (Å²) in [6.07, 6.45) is 1.63. The number of hydrogen-bond acceptors (Lipinski definition) is 5. The molecule has 1 aromatic carbocycles. The minimum absolute atomic E-state index is 0. The number of fused-ring (bicyclic) bond motifs is 1. The van der Waals surface area contributed by atoms with Gasteiger partial charge in [0.2, 0.25) is 0 Å². The minimum atomic E-state index is -0.0405. The summed E-state index contributed by atoms with van der Waals surface area (Å²) in [5.74, 6) is -0.0405. The Morgan fingerprint density at radius 2 is 1.86 bits per heavy atom. The van der Waals surface area contributed by atoms with Gasteiger partial charge in [-0.05, 0) is 65.9 Å². The number of nitrogens with one attached hydrogen (secondary N) is 1. The molecule has 4 rings (SSSR count). The Kier molecular flexibility index (Phi) is 6.69. The van der Waals surface area contributed by atoms with Crippen LogP contribution in [0.3, 0.4) is 0 Å². The minimum Gasteiger partial charge on any atom is -0.378 e. The lowest BCUT2D eigenvalue weighted by Gasteiger charge is -2.27. The van der Waals surface area contributed by atoms with Crippen molar-refractivity contribution in [3.05, 3.63) is 57.4 Å². The van der Waals surface area contributed by atoms with E-state index >= 15 is 0 Å². The molecule has 1 fully saturated rings. The van der Waals surface area contributed by atoms with Crippen molar-refractivity contribution < 1.29 is 9.53 Å². The second kappa shape index (κ2) is 9.02. The third-order valence-corrected chi connectivity index (χ3v) is 5.23. The second-order valence-corrected chi connectivity index (χ2v) is 7.65. The normalized spacial score (nSPS) is 13.9. The average molecular weight is 511 g/mol. The number of benzene rings is 1. The van der Waals surface area contributed by atoms with Crippen LogP contribution in [-0.2, 0) is 4.74 Å². The lowest BCUT2D eigenvalue weighted by atomic mass is 10.1. The van der Waals surface area contributed by atoms with Crippen LogP contribution in [0.4, 0.5) is 11.4 Å². The molecule has 1 aliphatic heterocycles. The molecule has 3 heterocycles. The first-order chi connectivity index (χ1) is 13.1. The van der Waals surface area contributed by atoms with Crippen molar-refractivity contribution in [3.8, 4) is 0 Å². The van der Waals surface area contributed by atoms with Gasteiger partial charge >= 0.3 is 0 Å². The van der Waals surface area contributed by atoms with Crippen molar-refractivity contribution in [2.24, 2.45) is 0 Å². The molecular formula is C20H20ClIN4O2. The number of carbonyl (C=O) groups is 1. The highest BCUT2D eigenvalue weighted by atomic mass is 127. The summed E-state index contributed by atoms with van der Waals surface area (Å²) < 4.78 is 6.52. The molecule has 0 atom stereocenters. The average Bonchev–Trinajstić information content (AvgIpc) is 2.70. The van der Waals surface area contributed by atoms with Crippen molar-refractivity contribution in [3.63, 3.8) is 0 Å². The van der Waals surface area contributed by atoms with Gasteiger partial charge < -0.3 is 15.0 Å². The number of amides is 1. The van der Waals surface area contributed by atoms with Gasteiger partial charge in [-0.3, -0.25) is 4.79 Å². The molecule has 146 valence electrons. The molecule has 8 heteroatoms. The SMILES string of the molecule is Cc1ccc2c(Nc3ccc(I)cc3)c(C(=O)N3CCOCC3)cnc2n1.Cl. The number of aromatic nitrogens is 2. The van der Waals surface area contributed by atoms with Crippen LogP contribution < -0.4 is 5.32 Å². The predicted molar refractivity (Wildman–Crippen MR) is 121 cm³/mol. The number of aryl methyl sites for hydroxylation is 1. The smallest absolute Gasteiger partial charge is 0.257 e. The first kappa shape index (κ1) is 20.8. The molecule has 3 aromatic rings. The zero-order valence-corrected chi connectivity index (χ0v) is 18.3. The number of rotatable bonds is 3. The molecular weight excluding hydrogens is 491 g/mol. The summed E-state index contributed by atoms with van der Waals surface area (Å²) in [5.41, 5.74) is 3.72. The Morgan fingerprint density at radius 1 is 1.14 bits per heavy atom. The molecule has 1 aliphatic rings. The van der Waals surface area contributed by atoms with Gasteiger partial charge in [0, 0.05) is 39.6 Å². The van der Waals surface area contributed by atoms with Gasteiger partial charge in [-0.15, -0.1) is 12.4 Å². The second-order valence-electron chi connectivity index (χ2n) is 6.41. The van der Waals surface area contributed by atoms with Gasteiger partial charge in [0.05, 0.1) is 24.5 Å². The number of halogens is 2. The van der Waals surface area contributed by atoms with Crippen molar-refractivity contribution in [2.45, 2.75) is 6.92 Å². The van der Waals surface area contributed by atoms with Crippen LogP contribution in [0.1, 0.15) is 16.1 Å². The van der Waals surface area contributed by atoms with E-state index in [1.54, 1.807) is 6.20 Å². The molecule has 0 saturated carbocycles. The highest BCUT2D eigenvalue weighted by Crippen LogP contribution is 2.30. The summed E-state index contributed by atoms with van der Waals surface area (Å²) in [6.45, 7) is 4.24. The molecule has 1 amide bonds. The van der Waals surface area contributed by atoms with E-state index in [1.807, 2.05) is 48.2 Å². The monoisotopic (exact) mass is 510 g/mol. The van der Waals surface area contributed by atoms with E-state index in [2.05, 4.69) is 37.9 Å². The number of nitrogens with zero attached hydrogens (tertiary/aromatic N) is 3. The first-order valence-corrected chi connectivity index (χ1v) is 9.86. The van der Waals surface area contributed by atoms with E-state index in [0.29, 0.717) is 37.5 Å². The molecule has 2 aromatic heterocycles. The Morgan fingerprint density at radius 3 is 2.57 bits per heavy atom. The van der Waals surface area contributed by atoms with Crippen LogP contribution in [0, 0.1) is 10.5 Å². The molecule has 0 spiro atoms. The highest BCUT2D eigenvalue weighted by molar-refractivity contribution is 14.1. The van der Waals surface area contributed by atoms with Gasteiger partial charge in [0.25, 0.3) is 5.91 Å². The number of morpholine rings is 1. The lowest BCUT2D eigenvalue weighted by molar-refractivity contribution is 0.0303. The van der Waals surface area contributed by atoms with Crippen molar-refractivity contribution >= 4 is 63.3 Å². The number of anilines is 2. The van der Waals surface area contributed by atoms with E-state index < -0.39 is 0 Å². The van der Waals surface area contributed by atoms with Crippen molar-refractivity contribution in [1.82, 2.24) is 14.9 Å². The van der Waals surface area contributed by atoms with Gasteiger partial charge in [0.15, 0.2) is 5.65 Å². The summed E-state index contributed by atoms with van der Waals surface area (Å²) in [6, 6.07) is 12.0. The fraction of sp³-hybridized carbons (Fsp3) is 0.250. The number of ether oxygens (including phenoxy) is 1. The Bertz CT molecular complexity index is 991. The van der Waals surface area contributed by atoms with E-state index in [0.717, 1.165) is 26.0 Å². The van der Waals surface area contributed by atoms with E-state index in [4.69, 9.17) is 4.74 Å². The Labute approximate surface area is 183 Å². The van der Waals surface area contributed by atoms with E-state index in [-0.39, 0.29) is 18.3 Å². The van der Waals surface area contributed by atoms with Crippen LogP contribution in [0.15, 0.2) is 42.6 Å². The van der Waals surface area contributed by atoms with Crippen LogP contribution in [0.2, 0.25) is 0 Å². The van der Waals surface area contributed by atoms with Crippen LogP contribution >= 0.6 is 35.0 Å². The zero-order chi connectivity index (χ0) is 18.8. The Balaban J connectivity index is 0.00000225. The summed E-state index contributed by atoms with van der Waals surface area (Å²) >= 11 is 2.27. The maximum absolute atomic E-state index is 13.1. The van der Waals surface area contributed by atoms with E-state index in [9.17, 15) is 4.79 Å². The standard InChI is InChI=1S/C20H19IN4O2.ClH/c1-13-2-7-16-18(24-15-5-3-14(21)4-6-15)17(12-22-19(16)23-13)20(26)25-8-10-27-11-9-25;/h2-7,12H,8-11H2,1H3,(H,22,23,24);1H.